The lowest BCUT2D eigenvalue weighted by atomic mass is 10.2. The fraction of sp³-hybridized carbons (Fsp3) is 0.562. The third kappa shape index (κ3) is 7.54. The summed E-state index contributed by atoms with van der Waals surface area (Å²) < 4.78 is 18.6. The van der Waals surface area contributed by atoms with E-state index in [0.717, 1.165) is 25.1 Å². The van der Waals surface area contributed by atoms with Crippen molar-refractivity contribution < 1.29 is 13.9 Å². The maximum Gasteiger partial charge on any atom is 0.412 e. The largest absolute Gasteiger partial charge is 0.444 e. The molecule has 0 bridgehead atoms. The molecule has 6 heteroatoms. The second-order valence-corrected chi connectivity index (χ2v) is 6.93. The number of ether oxygens (including phenoxy) is 1. The zero-order valence-corrected chi connectivity index (χ0v) is 14.5. The predicted molar refractivity (Wildman–Crippen MR) is 92.4 cm³/mol. The number of amides is 1. The number of anilines is 2. The van der Waals surface area contributed by atoms with Crippen molar-refractivity contribution >= 4 is 29.2 Å². The van der Waals surface area contributed by atoms with Gasteiger partial charge in [-0.25, -0.2) is 9.18 Å². The number of thioether (sulfide) groups is 1. The van der Waals surface area contributed by atoms with Crippen molar-refractivity contribution in [3.63, 3.8) is 0 Å². The second kappa shape index (κ2) is 8.88. The van der Waals surface area contributed by atoms with Gasteiger partial charge in [0, 0.05) is 6.54 Å². The summed E-state index contributed by atoms with van der Waals surface area (Å²) in [5.74, 6) is 0.759. The Labute approximate surface area is 136 Å². The van der Waals surface area contributed by atoms with E-state index in [9.17, 15) is 9.18 Å². The molecular formula is C16H25FN2O2S. The van der Waals surface area contributed by atoms with Crippen LogP contribution in [0.5, 0.6) is 0 Å². The lowest BCUT2D eigenvalue weighted by Gasteiger charge is -2.20. The van der Waals surface area contributed by atoms with Gasteiger partial charge in [-0.1, -0.05) is 0 Å². The van der Waals surface area contributed by atoms with E-state index in [1.54, 1.807) is 32.5 Å². The summed E-state index contributed by atoms with van der Waals surface area (Å²) in [5.41, 5.74) is 0.505. The first-order valence-corrected chi connectivity index (χ1v) is 8.73. The molecule has 1 rings (SSSR count). The van der Waals surface area contributed by atoms with Crippen LogP contribution in [0.2, 0.25) is 0 Å². The van der Waals surface area contributed by atoms with Crippen LogP contribution in [0.4, 0.5) is 20.6 Å². The molecule has 2 N–H and O–H groups in total. The maximum absolute atomic E-state index is 13.4. The average Bonchev–Trinajstić information content (AvgIpc) is 2.39. The van der Waals surface area contributed by atoms with E-state index in [1.807, 2.05) is 0 Å². The minimum atomic E-state index is -0.574. The summed E-state index contributed by atoms with van der Waals surface area (Å²) >= 11 is 1.81. The molecule has 0 radical (unpaired) electrons. The molecule has 4 nitrogen and oxygen atoms in total. The summed E-state index contributed by atoms with van der Waals surface area (Å²) in [4.78, 5) is 11.8. The van der Waals surface area contributed by atoms with Crippen LogP contribution in [0.25, 0.3) is 0 Å². The van der Waals surface area contributed by atoms with Gasteiger partial charge in [-0.2, -0.15) is 11.8 Å². The Bertz CT molecular complexity index is 490. The molecule has 0 atom stereocenters. The molecule has 0 spiro atoms. The van der Waals surface area contributed by atoms with Crippen LogP contribution < -0.4 is 10.6 Å². The predicted octanol–water partition coefficient (Wildman–Crippen LogP) is 4.73. The quantitative estimate of drug-likeness (QED) is 0.711. The van der Waals surface area contributed by atoms with Gasteiger partial charge in [0.25, 0.3) is 0 Å². The number of hydrogen-bond donors (Lipinski definition) is 2. The first kappa shape index (κ1) is 18.6. The van der Waals surface area contributed by atoms with Crippen molar-refractivity contribution in [2.45, 2.75) is 39.2 Å². The number of carbonyl (C=O) groups excluding carboxylic acids is 1. The highest BCUT2D eigenvalue weighted by atomic mass is 32.2. The van der Waals surface area contributed by atoms with E-state index < -0.39 is 11.7 Å². The Hall–Kier alpha value is -1.43. The molecule has 1 amide bonds. The molecule has 124 valence electrons. The molecule has 0 aliphatic rings. The molecule has 1 aromatic carbocycles. The van der Waals surface area contributed by atoms with Crippen molar-refractivity contribution in [1.29, 1.82) is 0 Å². The van der Waals surface area contributed by atoms with Gasteiger partial charge in [-0.15, -0.1) is 0 Å². The highest BCUT2D eigenvalue weighted by Gasteiger charge is 2.17. The monoisotopic (exact) mass is 328 g/mol. The lowest BCUT2D eigenvalue weighted by Crippen LogP contribution is -2.27. The van der Waals surface area contributed by atoms with Gasteiger partial charge in [0.2, 0.25) is 0 Å². The number of carbonyl (C=O) groups is 1. The fourth-order valence-corrected chi connectivity index (χ4v) is 2.27. The lowest BCUT2D eigenvalue weighted by molar-refractivity contribution is 0.0636. The van der Waals surface area contributed by atoms with E-state index in [2.05, 4.69) is 16.9 Å². The Balaban J connectivity index is 2.63. The number of hydrogen-bond acceptors (Lipinski definition) is 4. The van der Waals surface area contributed by atoms with Crippen molar-refractivity contribution in [2.24, 2.45) is 0 Å². The number of rotatable bonds is 7. The normalized spacial score (nSPS) is 11.1. The van der Waals surface area contributed by atoms with Gasteiger partial charge in [-0.05, 0) is 63.8 Å². The third-order valence-corrected chi connectivity index (χ3v) is 3.40. The fourth-order valence-electron chi connectivity index (χ4n) is 1.78. The van der Waals surface area contributed by atoms with Gasteiger partial charge in [0.1, 0.15) is 11.4 Å². The Morgan fingerprint density at radius 3 is 2.64 bits per heavy atom. The zero-order chi connectivity index (χ0) is 16.6. The number of halogens is 1. The van der Waals surface area contributed by atoms with Crippen LogP contribution in [-0.2, 0) is 4.74 Å². The number of unbranched alkanes of at least 4 members (excludes halogenated alkanes) is 1. The van der Waals surface area contributed by atoms with E-state index in [0.29, 0.717) is 11.4 Å². The van der Waals surface area contributed by atoms with Crippen LogP contribution in [0, 0.1) is 5.82 Å². The molecule has 0 fully saturated rings. The van der Waals surface area contributed by atoms with Crippen molar-refractivity contribution in [3.05, 3.63) is 24.0 Å². The van der Waals surface area contributed by atoms with Crippen LogP contribution in [0.15, 0.2) is 18.2 Å². The molecule has 0 aliphatic carbocycles. The maximum atomic E-state index is 13.4. The van der Waals surface area contributed by atoms with Crippen LogP contribution >= 0.6 is 11.8 Å². The number of nitrogens with one attached hydrogen (secondary N) is 2. The van der Waals surface area contributed by atoms with Crippen molar-refractivity contribution in [3.8, 4) is 0 Å². The first-order valence-electron chi connectivity index (χ1n) is 7.34. The molecule has 0 saturated carbocycles. The number of benzene rings is 1. The van der Waals surface area contributed by atoms with Gasteiger partial charge >= 0.3 is 6.09 Å². The van der Waals surface area contributed by atoms with E-state index in [1.165, 1.54) is 18.2 Å². The third-order valence-electron chi connectivity index (χ3n) is 2.71. The molecule has 0 aromatic heterocycles. The van der Waals surface area contributed by atoms with Crippen molar-refractivity contribution in [2.75, 3.05) is 29.2 Å². The SMILES string of the molecule is CSCCCCNc1cc(F)ccc1NC(=O)OC(C)(C)C. The smallest absolute Gasteiger partial charge is 0.412 e. The molecule has 0 unspecified atom stereocenters. The molecular weight excluding hydrogens is 303 g/mol. The molecule has 1 aromatic rings. The van der Waals surface area contributed by atoms with E-state index in [4.69, 9.17) is 4.74 Å². The Morgan fingerprint density at radius 2 is 2.00 bits per heavy atom. The van der Waals surface area contributed by atoms with E-state index >= 15 is 0 Å². The van der Waals surface area contributed by atoms with Gasteiger partial charge < -0.3 is 10.1 Å². The molecule has 0 saturated heterocycles. The molecule has 0 heterocycles. The topological polar surface area (TPSA) is 50.4 Å². The average molecular weight is 328 g/mol. The summed E-state index contributed by atoms with van der Waals surface area (Å²) in [6, 6.07) is 4.22. The first-order chi connectivity index (χ1) is 10.3. The Kier molecular flexibility index (Phi) is 7.51. The Morgan fingerprint density at radius 1 is 1.27 bits per heavy atom. The van der Waals surface area contributed by atoms with Gasteiger partial charge in [0.05, 0.1) is 11.4 Å². The van der Waals surface area contributed by atoms with Crippen LogP contribution in [-0.4, -0.2) is 30.2 Å². The standard InChI is InChI=1S/C16H25FN2O2S/c1-16(2,3)21-15(20)19-13-8-7-12(17)11-14(13)18-9-5-6-10-22-4/h7-8,11,18H,5-6,9-10H2,1-4H3,(H,19,20). The minimum absolute atomic E-state index is 0.346. The van der Waals surface area contributed by atoms with Gasteiger partial charge in [-0.3, -0.25) is 5.32 Å². The van der Waals surface area contributed by atoms with Crippen LogP contribution in [0.3, 0.4) is 0 Å². The molecule has 22 heavy (non-hydrogen) atoms. The highest BCUT2D eigenvalue weighted by molar-refractivity contribution is 7.98. The van der Waals surface area contributed by atoms with E-state index in [-0.39, 0.29) is 5.82 Å². The summed E-state index contributed by atoms with van der Waals surface area (Å²) in [7, 11) is 0. The van der Waals surface area contributed by atoms with Crippen molar-refractivity contribution in [1.82, 2.24) is 0 Å². The van der Waals surface area contributed by atoms with Crippen LogP contribution in [0.1, 0.15) is 33.6 Å². The summed E-state index contributed by atoms with van der Waals surface area (Å²) in [5, 5.41) is 5.81. The summed E-state index contributed by atoms with van der Waals surface area (Å²) in [6.07, 6.45) is 3.61. The second-order valence-electron chi connectivity index (χ2n) is 5.94. The minimum Gasteiger partial charge on any atom is -0.444 e. The zero-order valence-electron chi connectivity index (χ0n) is 13.7. The van der Waals surface area contributed by atoms with Gasteiger partial charge in [0.15, 0.2) is 0 Å². The summed E-state index contributed by atoms with van der Waals surface area (Å²) in [6.45, 7) is 6.11. The molecule has 0 aliphatic heterocycles. The highest BCUT2D eigenvalue weighted by Crippen LogP contribution is 2.23.